The quantitative estimate of drug-likeness (QED) is 0.474. The Morgan fingerprint density at radius 1 is 1.36 bits per heavy atom. The zero-order valence-electron chi connectivity index (χ0n) is 6.75. The lowest BCUT2D eigenvalue weighted by Crippen LogP contribution is -2.14. The fourth-order valence-corrected chi connectivity index (χ4v) is 3.45. The van der Waals surface area contributed by atoms with E-state index in [1.807, 2.05) is 0 Å². The van der Waals surface area contributed by atoms with Crippen molar-refractivity contribution in [2.45, 2.75) is 24.5 Å². The van der Waals surface area contributed by atoms with Crippen LogP contribution in [0.25, 0.3) is 0 Å². The maximum absolute atomic E-state index is 5.51. The molecular weight excluding hydrogens is 135 g/mol. The minimum Gasteiger partial charge on any atom is -0.498 e. The summed E-state index contributed by atoms with van der Waals surface area (Å²) in [4.78, 5) is 0. The normalized spacial score (nSPS) is 52.2. The third kappa shape index (κ3) is 0.634. The van der Waals surface area contributed by atoms with Crippen LogP contribution in [0, 0.1) is 11.8 Å². The smallest absolute Gasteiger partial charge is 0.129 e. The van der Waals surface area contributed by atoms with E-state index in [1.165, 1.54) is 20.1 Å². The Kier molecular flexibility index (Phi) is 1.04. The van der Waals surface area contributed by atoms with Crippen LogP contribution in [-0.4, -0.2) is 13.9 Å². The van der Waals surface area contributed by atoms with Gasteiger partial charge in [-0.3, -0.25) is 0 Å². The number of hydrogen-bond donors (Lipinski definition) is 0. The van der Waals surface area contributed by atoms with Crippen LogP contribution >= 0.6 is 0 Å². The second-order valence-corrected chi connectivity index (χ2v) is 4.30. The molecule has 0 radical (unpaired) electrons. The van der Waals surface area contributed by atoms with Gasteiger partial charge in [-0.15, -0.1) is 0 Å². The van der Waals surface area contributed by atoms with Crippen molar-refractivity contribution in [1.29, 1.82) is 0 Å². The third-order valence-electron chi connectivity index (χ3n) is 3.92. The van der Waals surface area contributed by atoms with Crippen LogP contribution in [0.3, 0.4) is 0 Å². The summed E-state index contributed by atoms with van der Waals surface area (Å²) in [5.41, 5.74) is 0. The van der Waals surface area contributed by atoms with Crippen LogP contribution in [0.4, 0.5) is 0 Å². The lowest BCUT2D eigenvalue weighted by molar-refractivity contribution is 0.238. The number of rotatable bonds is 0. The van der Waals surface area contributed by atoms with E-state index < -0.39 is 0 Å². The Bertz CT molecular complexity index is 214. The van der Waals surface area contributed by atoms with Crippen molar-refractivity contribution in [3.63, 3.8) is 0 Å². The minimum atomic E-state index is 0.758. The van der Waals surface area contributed by atoms with Crippen LogP contribution in [0.5, 0.6) is 0 Å². The van der Waals surface area contributed by atoms with E-state index in [1.54, 1.807) is 0 Å². The predicted octanol–water partition coefficient (Wildman–Crippen LogP) is 1.58. The summed E-state index contributed by atoms with van der Waals surface area (Å²) in [6.45, 7) is 4.97. The fourth-order valence-electron chi connectivity index (χ4n) is 3.45. The molecule has 58 valence electrons. The van der Waals surface area contributed by atoms with Gasteiger partial charge in [0.15, 0.2) is 0 Å². The highest BCUT2D eigenvalue weighted by atomic mass is 16.5. The van der Waals surface area contributed by atoms with Crippen LogP contribution in [0.15, 0.2) is 12.3 Å². The van der Waals surface area contributed by atoms with Crippen molar-refractivity contribution in [3.05, 3.63) is 12.3 Å². The molecule has 3 fully saturated rings. The van der Waals surface area contributed by atoms with E-state index in [4.69, 9.17) is 4.74 Å². The molecule has 3 rings (SSSR count). The zero-order chi connectivity index (χ0) is 7.42. The van der Waals surface area contributed by atoms with Gasteiger partial charge >= 0.3 is 0 Å². The second kappa shape index (κ2) is 1.85. The molecule has 0 aromatic rings. The monoisotopic (exact) mass is 148 g/mol. The summed E-state index contributed by atoms with van der Waals surface area (Å²) in [7, 11) is 1.47. The molecular formula is C9H13BO. The SMILES string of the molecule is C=C1OCC2C3BC(CC3)C12. The standard InChI is InChI=1S/C9H13BO/c1-5-9-6(4-11-5)7-2-3-8(9)10-7/h6-10H,1-4H2. The average molecular weight is 148 g/mol. The van der Waals surface area contributed by atoms with Crippen molar-refractivity contribution in [1.82, 2.24) is 0 Å². The van der Waals surface area contributed by atoms with Gasteiger partial charge in [-0.05, 0) is 5.92 Å². The minimum absolute atomic E-state index is 0.758. The molecule has 0 aliphatic carbocycles. The molecule has 0 amide bonds. The molecule has 4 atom stereocenters. The number of fused-ring (bicyclic) bond motifs is 5. The molecule has 0 aromatic carbocycles. The van der Waals surface area contributed by atoms with E-state index in [0.717, 1.165) is 35.8 Å². The van der Waals surface area contributed by atoms with Crippen LogP contribution < -0.4 is 0 Å². The highest BCUT2D eigenvalue weighted by Gasteiger charge is 2.52. The van der Waals surface area contributed by atoms with Gasteiger partial charge in [-0.1, -0.05) is 31.1 Å². The van der Waals surface area contributed by atoms with Gasteiger partial charge in [-0.2, -0.15) is 0 Å². The van der Waals surface area contributed by atoms with Crippen LogP contribution in [-0.2, 0) is 4.74 Å². The summed E-state index contributed by atoms with van der Waals surface area (Å²) < 4.78 is 5.51. The fraction of sp³-hybridized carbons (Fsp3) is 0.778. The van der Waals surface area contributed by atoms with Crippen molar-refractivity contribution >= 4 is 7.28 Å². The molecule has 0 aromatic heterocycles. The Balaban J connectivity index is 1.97. The Hall–Kier alpha value is -0.395. The number of hydrogen-bond acceptors (Lipinski definition) is 1. The van der Waals surface area contributed by atoms with E-state index in [-0.39, 0.29) is 0 Å². The molecule has 0 spiro atoms. The maximum atomic E-state index is 5.51. The van der Waals surface area contributed by atoms with Crippen molar-refractivity contribution < 1.29 is 4.74 Å². The highest BCUT2D eigenvalue weighted by molar-refractivity contribution is 6.42. The summed E-state index contributed by atoms with van der Waals surface area (Å²) in [5.74, 6) is 4.65. The predicted molar refractivity (Wildman–Crippen MR) is 46.0 cm³/mol. The van der Waals surface area contributed by atoms with E-state index in [9.17, 15) is 0 Å². The van der Waals surface area contributed by atoms with Gasteiger partial charge in [0.1, 0.15) is 7.28 Å². The Labute approximate surface area is 68.1 Å². The van der Waals surface area contributed by atoms with Crippen molar-refractivity contribution in [3.8, 4) is 0 Å². The van der Waals surface area contributed by atoms with Gasteiger partial charge in [0, 0.05) is 5.92 Å². The van der Waals surface area contributed by atoms with E-state index in [0.29, 0.717) is 0 Å². The zero-order valence-corrected chi connectivity index (χ0v) is 6.75. The first-order valence-electron chi connectivity index (χ1n) is 4.68. The average Bonchev–Trinajstić information content (AvgIpc) is 2.60. The lowest BCUT2D eigenvalue weighted by atomic mass is 9.65. The Morgan fingerprint density at radius 3 is 3.00 bits per heavy atom. The van der Waals surface area contributed by atoms with Crippen LogP contribution in [0.1, 0.15) is 12.8 Å². The van der Waals surface area contributed by atoms with E-state index in [2.05, 4.69) is 6.58 Å². The molecule has 4 unspecified atom stereocenters. The number of ether oxygens (including phenoxy) is 1. The molecule has 11 heavy (non-hydrogen) atoms. The molecule has 0 N–H and O–H groups in total. The highest BCUT2D eigenvalue weighted by Crippen LogP contribution is 2.59. The largest absolute Gasteiger partial charge is 0.498 e. The topological polar surface area (TPSA) is 9.23 Å². The molecule has 3 aliphatic heterocycles. The van der Waals surface area contributed by atoms with Gasteiger partial charge in [0.05, 0.1) is 12.4 Å². The summed E-state index contributed by atoms with van der Waals surface area (Å²) in [6.07, 6.45) is 2.90. The van der Waals surface area contributed by atoms with Gasteiger partial charge in [0.25, 0.3) is 0 Å². The first-order valence-corrected chi connectivity index (χ1v) is 4.68. The van der Waals surface area contributed by atoms with Gasteiger partial charge < -0.3 is 4.74 Å². The first-order chi connectivity index (χ1) is 5.36. The van der Waals surface area contributed by atoms with E-state index >= 15 is 0 Å². The Morgan fingerprint density at radius 2 is 2.18 bits per heavy atom. The number of allylic oxidation sites excluding steroid dienone is 1. The third-order valence-corrected chi connectivity index (χ3v) is 3.92. The molecule has 2 heteroatoms. The first kappa shape index (κ1) is 6.16. The molecule has 3 heterocycles. The summed E-state index contributed by atoms with van der Waals surface area (Å²) >= 11 is 0. The van der Waals surface area contributed by atoms with Gasteiger partial charge in [0.2, 0.25) is 0 Å². The lowest BCUT2D eigenvalue weighted by Gasteiger charge is -2.22. The van der Waals surface area contributed by atoms with Crippen molar-refractivity contribution in [2.24, 2.45) is 11.8 Å². The summed E-state index contributed by atoms with van der Waals surface area (Å²) in [6, 6.07) is 0. The van der Waals surface area contributed by atoms with Crippen molar-refractivity contribution in [2.75, 3.05) is 6.61 Å². The maximum Gasteiger partial charge on any atom is 0.129 e. The van der Waals surface area contributed by atoms with Crippen LogP contribution in [0.2, 0.25) is 11.6 Å². The molecule has 2 bridgehead atoms. The summed E-state index contributed by atoms with van der Waals surface area (Å²) in [5, 5.41) is 0. The molecule has 3 saturated heterocycles. The van der Waals surface area contributed by atoms with Gasteiger partial charge in [-0.25, -0.2) is 0 Å². The molecule has 1 nitrogen and oxygen atoms in total. The second-order valence-electron chi connectivity index (χ2n) is 4.30. The molecule has 3 aliphatic rings. The molecule has 0 saturated carbocycles.